The number of hydrogen-bond acceptors (Lipinski definition) is 4. The van der Waals surface area contributed by atoms with Gasteiger partial charge >= 0.3 is 0 Å². The second-order valence-electron chi connectivity index (χ2n) is 5.53. The molecule has 1 aromatic rings. The van der Waals surface area contributed by atoms with E-state index in [2.05, 4.69) is 10.6 Å². The van der Waals surface area contributed by atoms with Crippen molar-refractivity contribution in [2.75, 3.05) is 30.3 Å². The molecule has 1 saturated heterocycles. The Labute approximate surface area is 123 Å². The number of rotatable bonds is 2. The Morgan fingerprint density at radius 1 is 1.14 bits per heavy atom. The average molecular weight is 288 g/mol. The van der Waals surface area contributed by atoms with E-state index in [4.69, 9.17) is 5.73 Å². The van der Waals surface area contributed by atoms with Crippen LogP contribution in [0, 0.1) is 0 Å². The van der Waals surface area contributed by atoms with Gasteiger partial charge in [-0.25, -0.2) is 0 Å². The first-order valence-electron chi connectivity index (χ1n) is 7.39. The Kier molecular flexibility index (Phi) is 3.68. The van der Waals surface area contributed by atoms with Gasteiger partial charge in [0, 0.05) is 25.2 Å². The molecule has 1 unspecified atom stereocenters. The van der Waals surface area contributed by atoms with Gasteiger partial charge in [0.2, 0.25) is 5.91 Å². The van der Waals surface area contributed by atoms with E-state index in [1.165, 1.54) is 0 Å². The fourth-order valence-electron chi connectivity index (χ4n) is 3.01. The van der Waals surface area contributed by atoms with E-state index in [1.807, 2.05) is 12.1 Å². The molecule has 1 fully saturated rings. The highest BCUT2D eigenvalue weighted by Crippen LogP contribution is 2.27. The van der Waals surface area contributed by atoms with Crippen LogP contribution in [0.1, 0.15) is 29.6 Å². The molecule has 2 aliphatic rings. The number of nitrogens with one attached hydrogen (secondary N) is 2. The molecule has 1 aromatic carbocycles. The quantitative estimate of drug-likeness (QED) is 0.758. The Balaban J connectivity index is 1.85. The minimum Gasteiger partial charge on any atom is -0.382 e. The lowest BCUT2D eigenvalue weighted by Gasteiger charge is -2.34. The van der Waals surface area contributed by atoms with Crippen LogP contribution in [0.5, 0.6) is 0 Å². The third kappa shape index (κ3) is 2.66. The summed E-state index contributed by atoms with van der Waals surface area (Å²) >= 11 is 0. The second-order valence-corrected chi connectivity index (χ2v) is 5.53. The molecule has 2 amide bonds. The maximum Gasteiger partial charge on any atom is 0.254 e. The molecule has 0 aromatic heterocycles. The molecule has 112 valence electrons. The molecule has 0 saturated carbocycles. The molecule has 3 rings (SSSR count). The van der Waals surface area contributed by atoms with Crippen molar-refractivity contribution in [2.24, 2.45) is 5.73 Å². The molecule has 6 heteroatoms. The van der Waals surface area contributed by atoms with Crippen LogP contribution in [0.2, 0.25) is 0 Å². The molecular formula is C15H20N4O2. The Morgan fingerprint density at radius 3 is 2.67 bits per heavy atom. The summed E-state index contributed by atoms with van der Waals surface area (Å²) in [5, 5.41) is 6.54. The summed E-state index contributed by atoms with van der Waals surface area (Å²) in [7, 11) is 0. The lowest BCUT2D eigenvalue weighted by atomic mass is 10.00. The van der Waals surface area contributed by atoms with Gasteiger partial charge in [-0.1, -0.05) is 0 Å². The minimum absolute atomic E-state index is 0.117. The van der Waals surface area contributed by atoms with Crippen molar-refractivity contribution >= 4 is 23.2 Å². The normalized spacial score (nSPS) is 21.0. The van der Waals surface area contributed by atoms with Crippen molar-refractivity contribution in [3.8, 4) is 0 Å². The molecule has 2 heterocycles. The summed E-state index contributed by atoms with van der Waals surface area (Å²) in [5.74, 6) is -0.533. The van der Waals surface area contributed by atoms with Crippen LogP contribution in [0.4, 0.5) is 11.4 Å². The van der Waals surface area contributed by atoms with Gasteiger partial charge in [-0.3, -0.25) is 9.59 Å². The van der Waals surface area contributed by atoms with Crippen molar-refractivity contribution in [1.82, 2.24) is 4.90 Å². The van der Waals surface area contributed by atoms with E-state index in [0.29, 0.717) is 18.5 Å². The van der Waals surface area contributed by atoms with Gasteiger partial charge in [0.05, 0.1) is 11.4 Å². The SMILES string of the molecule is NC(=O)C1CCCCN1C(=O)c1ccc2c(c1)NCCN2. The first-order chi connectivity index (χ1) is 10.2. The van der Waals surface area contributed by atoms with Crippen molar-refractivity contribution in [2.45, 2.75) is 25.3 Å². The number of fused-ring (bicyclic) bond motifs is 1. The number of piperidine rings is 1. The number of carbonyl (C=O) groups is 2. The molecular weight excluding hydrogens is 268 g/mol. The number of primary amides is 1. The summed E-state index contributed by atoms with van der Waals surface area (Å²) < 4.78 is 0. The minimum atomic E-state index is -0.478. The van der Waals surface area contributed by atoms with Gasteiger partial charge in [-0.15, -0.1) is 0 Å². The third-order valence-electron chi connectivity index (χ3n) is 4.11. The second kappa shape index (κ2) is 5.63. The summed E-state index contributed by atoms with van der Waals surface area (Å²) in [6.07, 6.45) is 2.51. The summed E-state index contributed by atoms with van der Waals surface area (Å²) in [4.78, 5) is 25.8. The number of nitrogens with two attached hydrogens (primary N) is 1. The van der Waals surface area contributed by atoms with E-state index in [0.717, 1.165) is 37.3 Å². The highest BCUT2D eigenvalue weighted by atomic mass is 16.2. The van der Waals surface area contributed by atoms with Gasteiger partial charge < -0.3 is 21.3 Å². The van der Waals surface area contributed by atoms with Crippen LogP contribution in [-0.4, -0.2) is 42.4 Å². The number of anilines is 2. The monoisotopic (exact) mass is 288 g/mol. The number of nitrogens with zero attached hydrogens (tertiary/aromatic N) is 1. The van der Waals surface area contributed by atoms with E-state index < -0.39 is 11.9 Å². The molecule has 0 spiro atoms. The zero-order chi connectivity index (χ0) is 14.8. The van der Waals surface area contributed by atoms with Crippen LogP contribution >= 0.6 is 0 Å². The van der Waals surface area contributed by atoms with Crippen molar-refractivity contribution in [1.29, 1.82) is 0 Å². The van der Waals surface area contributed by atoms with Gasteiger partial charge in [-0.05, 0) is 37.5 Å². The predicted molar refractivity (Wildman–Crippen MR) is 81.3 cm³/mol. The van der Waals surface area contributed by atoms with Crippen LogP contribution in [0.15, 0.2) is 18.2 Å². The first-order valence-corrected chi connectivity index (χ1v) is 7.39. The Morgan fingerprint density at radius 2 is 1.90 bits per heavy atom. The standard InChI is InChI=1S/C15H20N4O2/c16-14(20)13-3-1-2-8-19(13)15(21)10-4-5-11-12(9-10)18-7-6-17-11/h4-5,9,13,17-18H,1-3,6-8H2,(H2,16,20). The number of hydrogen-bond donors (Lipinski definition) is 3. The van der Waals surface area contributed by atoms with Gasteiger partial charge in [-0.2, -0.15) is 0 Å². The van der Waals surface area contributed by atoms with E-state index in [-0.39, 0.29) is 5.91 Å². The summed E-state index contributed by atoms with van der Waals surface area (Å²) in [6.45, 7) is 2.30. The zero-order valence-electron chi connectivity index (χ0n) is 11.9. The van der Waals surface area contributed by atoms with Crippen LogP contribution in [0.3, 0.4) is 0 Å². The largest absolute Gasteiger partial charge is 0.382 e. The molecule has 0 aliphatic carbocycles. The van der Waals surface area contributed by atoms with Crippen LogP contribution < -0.4 is 16.4 Å². The molecule has 1 atom stereocenters. The summed E-state index contributed by atoms with van der Waals surface area (Å²) in [6, 6.07) is 5.07. The van der Waals surface area contributed by atoms with Crippen LogP contribution in [0.25, 0.3) is 0 Å². The lowest BCUT2D eigenvalue weighted by Crippen LogP contribution is -2.50. The predicted octanol–water partition coefficient (Wildman–Crippen LogP) is 1.00. The number of amides is 2. The van der Waals surface area contributed by atoms with E-state index >= 15 is 0 Å². The average Bonchev–Trinajstić information content (AvgIpc) is 2.53. The van der Waals surface area contributed by atoms with E-state index in [9.17, 15) is 9.59 Å². The van der Waals surface area contributed by atoms with Crippen molar-refractivity contribution < 1.29 is 9.59 Å². The fraction of sp³-hybridized carbons (Fsp3) is 0.467. The molecule has 0 bridgehead atoms. The first kappa shape index (κ1) is 13.7. The Bertz CT molecular complexity index is 573. The fourth-order valence-corrected chi connectivity index (χ4v) is 3.01. The van der Waals surface area contributed by atoms with Gasteiger partial charge in [0.25, 0.3) is 5.91 Å². The Hall–Kier alpha value is -2.24. The van der Waals surface area contributed by atoms with Crippen molar-refractivity contribution in [3.05, 3.63) is 23.8 Å². The van der Waals surface area contributed by atoms with Gasteiger partial charge in [0.1, 0.15) is 6.04 Å². The molecule has 4 N–H and O–H groups in total. The maximum atomic E-state index is 12.7. The smallest absolute Gasteiger partial charge is 0.254 e. The molecule has 6 nitrogen and oxygen atoms in total. The van der Waals surface area contributed by atoms with Gasteiger partial charge in [0.15, 0.2) is 0 Å². The highest BCUT2D eigenvalue weighted by Gasteiger charge is 2.31. The zero-order valence-corrected chi connectivity index (χ0v) is 11.9. The molecule has 2 aliphatic heterocycles. The highest BCUT2D eigenvalue weighted by molar-refractivity contribution is 5.99. The van der Waals surface area contributed by atoms with E-state index in [1.54, 1.807) is 11.0 Å². The maximum absolute atomic E-state index is 12.7. The topological polar surface area (TPSA) is 87.5 Å². The summed E-state index contributed by atoms with van der Waals surface area (Å²) in [5.41, 5.74) is 7.96. The number of carbonyl (C=O) groups excluding carboxylic acids is 2. The van der Waals surface area contributed by atoms with Crippen LogP contribution in [-0.2, 0) is 4.79 Å². The third-order valence-corrected chi connectivity index (χ3v) is 4.11. The number of benzene rings is 1. The lowest BCUT2D eigenvalue weighted by molar-refractivity contribution is -0.123. The van der Waals surface area contributed by atoms with Crippen molar-refractivity contribution in [3.63, 3.8) is 0 Å². The number of likely N-dealkylation sites (tertiary alicyclic amines) is 1. The molecule has 21 heavy (non-hydrogen) atoms. The molecule has 0 radical (unpaired) electrons.